The molecule has 0 radical (unpaired) electrons. The summed E-state index contributed by atoms with van der Waals surface area (Å²) in [6.07, 6.45) is 5.60. The number of rotatable bonds is 8. The molecule has 2 N–H and O–H groups in total. The van der Waals surface area contributed by atoms with Crippen LogP contribution in [-0.4, -0.2) is 31.6 Å². The zero-order valence-corrected chi connectivity index (χ0v) is 15.9. The van der Waals surface area contributed by atoms with Crippen molar-refractivity contribution in [2.24, 2.45) is 17.8 Å². The summed E-state index contributed by atoms with van der Waals surface area (Å²) in [5, 5.41) is 6.46. The maximum Gasteiger partial charge on any atom is 0.238 e. The minimum Gasteiger partial charge on any atom is -0.372 e. The molecule has 1 amide bonds. The molecule has 25 heavy (non-hydrogen) atoms. The molecule has 2 fully saturated rings. The molecule has 1 aromatic carbocycles. The first-order chi connectivity index (χ1) is 12.1. The lowest BCUT2D eigenvalue weighted by Crippen LogP contribution is -2.40. The van der Waals surface area contributed by atoms with E-state index in [9.17, 15) is 4.79 Å². The van der Waals surface area contributed by atoms with Crippen molar-refractivity contribution in [1.82, 2.24) is 5.32 Å². The normalized spacial score (nSPS) is 25.8. The van der Waals surface area contributed by atoms with E-state index in [1.807, 2.05) is 12.1 Å². The average Bonchev–Trinajstić information content (AvgIpc) is 3.25. The largest absolute Gasteiger partial charge is 0.372 e. The topological polar surface area (TPSA) is 44.4 Å². The lowest BCUT2D eigenvalue weighted by atomic mass is 9.84. The molecule has 3 rings (SSSR count). The van der Waals surface area contributed by atoms with E-state index < -0.39 is 0 Å². The van der Waals surface area contributed by atoms with Gasteiger partial charge in [0.15, 0.2) is 0 Å². The Balaban J connectivity index is 1.44. The molecule has 0 heterocycles. The van der Waals surface area contributed by atoms with Crippen molar-refractivity contribution >= 4 is 17.3 Å². The molecule has 0 saturated heterocycles. The van der Waals surface area contributed by atoms with E-state index in [0.717, 1.165) is 36.5 Å². The molecule has 2 aliphatic rings. The van der Waals surface area contributed by atoms with Gasteiger partial charge in [-0.15, -0.1) is 0 Å². The lowest BCUT2D eigenvalue weighted by molar-refractivity contribution is -0.115. The number of carbonyl (C=O) groups is 1. The molecule has 4 heteroatoms. The fraction of sp³-hybridized carbons (Fsp3) is 0.667. The average molecular weight is 344 g/mol. The summed E-state index contributed by atoms with van der Waals surface area (Å²) in [4.78, 5) is 14.5. The molecule has 4 atom stereocenters. The van der Waals surface area contributed by atoms with E-state index in [4.69, 9.17) is 0 Å². The predicted octanol–water partition coefficient (Wildman–Crippen LogP) is 3.89. The van der Waals surface area contributed by atoms with E-state index in [1.165, 1.54) is 31.4 Å². The second-order valence-electron chi connectivity index (χ2n) is 7.78. The number of benzene rings is 1. The van der Waals surface area contributed by atoms with Gasteiger partial charge in [-0.2, -0.15) is 0 Å². The van der Waals surface area contributed by atoms with Crippen LogP contribution >= 0.6 is 0 Å². The smallest absolute Gasteiger partial charge is 0.238 e. The van der Waals surface area contributed by atoms with E-state index >= 15 is 0 Å². The molecule has 2 saturated carbocycles. The molecule has 2 aliphatic carbocycles. The summed E-state index contributed by atoms with van der Waals surface area (Å²) in [5.74, 6) is 2.66. The van der Waals surface area contributed by atoms with Gasteiger partial charge in [-0.3, -0.25) is 4.79 Å². The number of carbonyl (C=O) groups excluding carboxylic acids is 1. The number of anilines is 2. The predicted molar refractivity (Wildman–Crippen MR) is 105 cm³/mol. The van der Waals surface area contributed by atoms with Gasteiger partial charge in [-0.05, 0) is 82.1 Å². The lowest BCUT2D eigenvalue weighted by Gasteiger charge is -2.28. The zero-order chi connectivity index (χ0) is 17.8. The summed E-state index contributed by atoms with van der Waals surface area (Å²) in [7, 11) is 0. The third-order valence-corrected chi connectivity index (χ3v) is 6.30. The van der Waals surface area contributed by atoms with Crippen LogP contribution in [-0.2, 0) is 4.79 Å². The van der Waals surface area contributed by atoms with Gasteiger partial charge >= 0.3 is 0 Å². The number of nitrogens with zero attached hydrogens (tertiary/aromatic N) is 1. The maximum atomic E-state index is 12.2. The third-order valence-electron chi connectivity index (χ3n) is 6.30. The minimum absolute atomic E-state index is 0.0468. The van der Waals surface area contributed by atoms with Crippen molar-refractivity contribution in [3.63, 3.8) is 0 Å². The van der Waals surface area contributed by atoms with Crippen molar-refractivity contribution in [3.8, 4) is 0 Å². The van der Waals surface area contributed by atoms with E-state index in [2.05, 4.69) is 48.4 Å². The van der Waals surface area contributed by atoms with Crippen LogP contribution in [0.4, 0.5) is 11.4 Å². The van der Waals surface area contributed by atoms with Crippen molar-refractivity contribution in [2.45, 2.75) is 52.5 Å². The van der Waals surface area contributed by atoms with Gasteiger partial charge in [-0.25, -0.2) is 0 Å². The fourth-order valence-corrected chi connectivity index (χ4v) is 4.86. The zero-order valence-electron chi connectivity index (χ0n) is 15.9. The summed E-state index contributed by atoms with van der Waals surface area (Å²) in [6, 6.07) is 8.57. The van der Waals surface area contributed by atoms with Crippen LogP contribution in [0.5, 0.6) is 0 Å². The Morgan fingerprint density at radius 1 is 1.16 bits per heavy atom. The van der Waals surface area contributed by atoms with Crippen LogP contribution in [0.25, 0.3) is 0 Å². The molecular weight excluding hydrogens is 310 g/mol. The quantitative estimate of drug-likeness (QED) is 0.753. The Kier molecular flexibility index (Phi) is 6.00. The van der Waals surface area contributed by atoms with Gasteiger partial charge in [-0.1, -0.05) is 6.42 Å². The van der Waals surface area contributed by atoms with Crippen LogP contribution in [0.2, 0.25) is 0 Å². The summed E-state index contributed by atoms with van der Waals surface area (Å²) in [5.41, 5.74) is 2.07. The molecule has 138 valence electrons. The van der Waals surface area contributed by atoms with Crippen molar-refractivity contribution < 1.29 is 4.79 Å². The second kappa shape index (κ2) is 8.22. The Hall–Kier alpha value is -1.55. The van der Waals surface area contributed by atoms with Gasteiger partial charge in [0.1, 0.15) is 0 Å². The first-order valence-electron chi connectivity index (χ1n) is 9.99. The van der Waals surface area contributed by atoms with Gasteiger partial charge in [0.25, 0.3) is 0 Å². The highest BCUT2D eigenvalue weighted by atomic mass is 16.1. The fourth-order valence-electron chi connectivity index (χ4n) is 4.86. The molecular formula is C21H33N3O. The molecule has 0 spiro atoms. The minimum atomic E-state index is 0.0468. The van der Waals surface area contributed by atoms with Crippen LogP contribution in [0.15, 0.2) is 24.3 Å². The second-order valence-corrected chi connectivity index (χ2v) is 7.78. The van der Waals surface area contributed by atoms with Gasteiger partial charge in [0.05, 0.1) is 6.54 Å². The standard InChI is InChI=1S/C21H33N3O/c1-4-24(5-2)19-10-8-18(9-11-19)23-21(25)14-22-15(3)20-13-16-6-7-17(20)12-16/h8-11,15-17,20,22H,4-7,12-14H2,1-3H3,(H,23,25)/t15-,16+,17+,20-/m1/s1. The Bertz CT molecular complexity index is 567. The molecule has 2 bridgehead atoms. The first kappa shape index (κ1) is 18.2. The summed E-state index contributed by atoms with van der Waals surface area (Å²) >= 11 is 0. The third kappa shape index (κ3) is 4.35. The maximum absolute atomic E-state index is 12.2. The molecule has 1 aromatic rings. The van der Waals surface area contributed by atoms with E-state index in [0.29, 0.717) is 12.6 Å². The number of hydrogen-bond donors (Lipinski definition) is 2. The number of amides is 1. The van der Waals surface area contributed by atoms with Crippen molar-refractivity contribution in [2.75, 3.05) is 29.9 Å². The van der Waals surface area contributed by atoms with Crippen LogP contribution in [0, 0.1) is 17.8 Å². The molecule has 0 aliphatic heterocycles. The molecule has 0 aromatic heterocycles. The SMILES string of the molecule is CCN(CC)c1ccc(NC(=O)CN[C@H](C)[C@H]2C[C@H]3CC[C@H]2C3)cc1. The molecule has 4 nitrogen and oxygen atoms in total. The summed E-state index contributed by atoms with van der Waals surface area (Å²) < 4.78 is 0. The monoisotopic (exact) mass is 343 g/mol. The van der Waals surface area contributed by atoms with Crippen LogP contribution in [0.1, 0.15) is 46.5 Å². The van der Waals surface area contributed by atoms with Crippen molar-refractivity contribution in [1.29, 1.82) is 0 Å². The Morgan fingerprint density at radius 3 is 2.44 bits per heavy atom. The highest BCUT2D eigenvalue weighted by Gasteiger charge is 2.41. The number of nitrogens with one attached hydrogen (secondary N) is 2. The van der Waals surface area contributed by atoms with Crippen molar-refractivity contribution in [3.05, 3.63) is 24.3 Å². The first-order valence-corrected chi connectivity index (χ1v) is 9.99. The van der Waals surface area contributed by atoms with Crippen LogP contribution < -0.4 is 15.5 Å². The Morgan fingerprint density at radius 2 is 1.88 bits per heavy atom. The van der Waals surface area contributed by atoms with Gasteiger partial charge in [0.2, 0.25) is 5.91 Å². The number of fused-ring (bicyclic) bond motifs is 2. The van der Waals surface area contributed by atoms with Crippen LogP contribution in [0.3, 0.4) is 0 Å². The molecule has 0 unspecified atom stereocenters. The highest BCUT2D eigenvalue weighted by Crippen LogP contribution is 2.49. The van der Waals surface area contributed by atoms with Gasteiger partial charge < -0.3 is 15.5 Å². The van der Waals surface area contributed by atoms with E-state index in [-0.39, 0.29) is 5.91 Å². The summed E-state index contributed by atoms with van der Waals surface area (Å²) in [6.45, 7) is 8.94. The van der Waals surface area contributed by atoms with Gasteiger partial charge in [0, 0.05) is 30.5 Å². The van der Waals surface area contributed by atoms with E-state index in [1.54, 1.807) is 0 Å². The Labute approximate surface area is 152 Å². The number of hydrogen-bond acceptors (Lipinski definition) is 3. The highest BCUT2D eigenvalue weighted by molar-refractivity contribution is 5.92.